The maximum absolute atomic E-state index is 14.8. The van der Waals surface area contributed by atoms with Gasteiger partial charge in [-0.1, -0.05) is 32.9 Å². The van der Waals surface area contributed by atoms with Gasteiger partial charge >= 0.3 is 0 Å². The number of ether oxygens (including phenoxy) is 1. The molecule has 0 saturated carbocycles. The summed E-state index contributed by atoms with van der Waals surface area (Å²) < 4.78 is 20.8. The molecule has 0 atom stereocenters. The van der Waals surface area contributed by atoms with E-state index in [1.807, 2.05) is 63.2 Å². The van der Waals surface area contributed by atoms with Crippen LogP contribution in [0.1, 0.15) is 40.0 Å². The van der Waals surface area contributed by atoms with Crippen LogP contribution < -0.4 is 10.1 Å². The first-order valence-corrected chi connectivity index (χ1v) is 15.9. The highest BCUT2D eigenvalue weighted by atomic mass is 19.1. The van der Waals surface area contributed by atoms with Gasteiger partial charge in [0.25, 0.3) is 0 Å². The van der Waals surface area contributed by atoms with Crippen molar-refractivity contribution in [2.75, 3.05) is 31.6 Å². The minimum atomic E-state index is -0.367. The lowest BCUT2D eigenvalue weighted by Crippen LogP contribution is -2.25. The third-order valence-corrected chi connectivity index (χ3v) is 8.21. The lowest BCUT2D eigenvalue weighted by molar-refractivity contribution is -0.117. The number of H-pyrrole nitrogens is 2. The number of aromatic amines is 2. The highest BCUT2D eigenvalue weighted by Gasteiger charge is 2.19. The van der Waals surface area contributed by atoms with Crippen molar-refractivity contribution in [1.82, 2.24) is 35.0 Å². The third-order valence-electron chi connectivity index (χ3n) is 8.21. The molecule has 5 heterocycles. The molecule has 1 saturated heterocycles. The first-order chi connectivity index (χ1) is 22.7. The molecule has 11 heteroatoms. The first-order valence-electron chi connectivity index (χ1n) is 15.9. The van der Waals surface area contributed by atoms with E-state index in [4.69, 9.17) is 14.7 Å². The van der Waals surface area contributed by atoms with E-state index in [1.165, 1.54) is 25.0 Å². The number of halogens is 1. The lowest BCUT2D eigenvalue weighted by Gasteiger charge is -2.17. The van der Waals surface area contributed by atoms with E-state index in [-0.39, 0.29) is 17.1 Å². The second-order valence-corrected chi connectivity index (χ2v) is 13.3. The maximum Gasteiger partial charge on any atom is 0.224 e. The van der Waals surface area contributed by atoms with E-state index in [9.17, 15) is 9.18 Å². The molecule has 1 aliphatic rings. The van der Waals surface area contributed by atoms with Crippen molar-refractivity contribution in [3.8, 4) is 39.7 Å². The summed E-state index contributed by atoms with van der Waals surface area (Å²) in [4.78, 5) is 32.4. The monoisotopic (exact) mass is 632 g/mol. The van der Waals surface area contributed by atoms with Crippen LogP contribution in [0.4, 0.5) is 10.1 Å². The summed E-state index contributed by atoms with van der Waals surface area (Å²) in [5, 5.41) is 10.5. The minimum Gasteiger partial charge on any atom is -0.492 e. The molecule has 47 heavy (non-hydrogen) atoms. The van der Waals surface area contributed by atoms with Crippen LogP contribution in [0.3, 0.4) is 0 Å². The molecule has 3 N–H and O–H groups in total. The second-order valence-electron chi connectivity index (χ2n) is 13.3. The number of pyridine rings is 2. The van der Waals surface area contributed by atoms with Crippen LogP contribution in [0.25, 0.3) is 56.0 Å². The molecule has 0 aliphatic carbocycles. The number of nitrogens with zero attached hydrogens (tertiary/aromatic N) is 5. The van der Waals surface area contributed by atoms with E-state index >= 15 is 0 Å². The van der Waals surface area contributed by atoms with E-state index in [0.29, 0.717) is 58.3 Å². The molecular weight excluding hydrogens is 595 g/mol. The van der Waals surface area contributed by atoms with Crippen LogP contribution in [0.5, 0.6) is 5.75 Å². The van der Waals surface area contributed by atoms with Gasteiger partial charge in [0.1, 0.15) is 23.7 Å². The highest BCUT2D eigenvalue weighted by Crippen LogP contribution is 2.34. The van der Waals surface area contributed by atoms with Crippen LogP contribution in [-0.2, 0) is 4.79 Å². The number of carbonyl (C=O) groups is 1. The van der Waals surface area contributed by atoms with Crippen molar-refractivity contribution in [1.29, 1.82) is 0 Å². The van der Waals surface area contributed by atoms with Gasteiger partial charge in [-0.2, -0.15) is 5.10 Å². The summed E-state index contributed by atoms with van der Waals surface area (Å²) in [5.41, 5.74) is 6.76. The Morgan fingerprint density at radius 2 is 1.83 bits per heavy atom. The van der Waals surface area contributed by atoms with Crippen molar-refractivity contribution in [3.05, 3.63) is 72.8 Å². The molecule has 240 valence electrons. The van der Waals surface area contributed by atoms with Gasteiger partial charge in [0.15, 0.2) is 11.5 Å². The Kier molecular flexibility index (Phi) is 8.15. The van der Waals surface area contributed by atoms with Crippen molar-refractivity contribution in [2.45, 2.75) is 40.0 Å². The Morgan fingerprint density at radius 1 is 0.979 bits per heavy atom. The molecule has 1 amide bonds. The summed E-state index contributed by atoms with van der Waals surface area (Å²) in [6.45, 7) is 9.58. The van der Waals surface area contributed by atoms with Crippen LogP contribution in [0, 0.1) is 11.2 Å². The van der Waals surface area contributed by atoms with Crippen molar-refractivity contribution >= 4 is 33.7 Å². The number of fused-ring (bicyclic) bond motifs is 2. The summed E-state index contributed by atoms with van der Waals surface area (Å²) in [5.74, 6) is 0.590. The number of likely N-dealkylation sites (tertiary alicyclic amines) is 1. The van der Waals surface area contributed by atoms with E-state index in [1.54, 1.807) is 12.4 Å². The number of nitrogens with one attached hydrogen (secondary N) is 3. The number of hydrogen-bond acceptors (Lipinski definition) is 7. The summed E-state index contributed by atoms with van der Waals surface area (Å²) in [7, 11) is 0. The minimum absolute atomic E-state index is 0.0688. The van der Waals surface area contributed by atoms with Crippen molar-refractivity contribution in [2.24, 2.45) is 5.41 Å². The smallest absolute Gasteiger partial charge is 0.224 e. The van der Waals surface area contributed by atoms with Gasteiger partial charge in [-0.25, -0.2) is 14.4 Å². The van der Waals surface area contributed by atoms with Gasteiger partial charge in [-0.15, -0.1) is 0 Å². The average molecular weight is 633 g/mol. The highest BCUT2D eigenvalue weighted by molar-refractivity contribution is 5.97. The van der Waals surface area contributed by atoms with Crippen LogP contribution in [-0.4, -0.2) is 67.2 Å². The number of benzene rings is 2. The number of amides is 1. The Hall–Kier alpha value is -5.16. The number of rotatable bonds is 9. The molecule has 0 bridgehead atoms. The fraction of sp³-hybridized carbons (Fsp3) is 0.306. The van der Waals surface area contributed by atoms with E-state index in [2.05, 4.69) is 30.4 Å². The maximum atomic E-state index is 14.8. The van der Waals surface area contributed by atoms with Crippen LogP contribution >= 0.6 is 0 Å². The molecular formula is C36H37FN8O2. The van der Waals surface area contributed by atoms with Gasteiger partial charge in [-0.3, -0.25) is 19.8 Å². The normalized spacial score (nSPS) is 13.9. The predicted molar refractivity (Wildman–Crippen MR) is 181 cm³/mol. The molecule has 1 aliphatic heterocycles. The van der Waals surface area contributed by atoms with Crippen molar-refractivity contribution < 1.29 is 13.9 Å². The zero-order valence-electron chi connectivity index (χ0n) is 26.7. The number of imidazole rings is 1. The van der Waals surface area contributed by atoms with E-state index in [0.717, 1.165) is 41.8 Å². The first kappa shape index (κ1) is 30.5. The SMILES string of the molecule is CC(C)(C)CC(=O)Nc1cncc(-c2ccc3[nH]nc(-c4nc5c(-c6cc(F)cc(OCCN7CCCC7)c6)cccc5[nH]4)c3n2)c1. The third kappa shape index (κ3) is 6.85. The molecule has 6 aromatic rings. The molecule has 4 aromatic heterocycles. The lowest BCUT2D eigenvalue weighted by atomic mass is 9.92. The van der Waals surface area contributed by atoms with Gasteiger partial charge in [-0.05, 0) is 73.3 Å². The van der Waals surface area contributed by atoms with Crippen LogP contribution in [0.15, 0.2) is 67.0 Å². The number of hydrogen-bond donors (Lipinski definition) is 3. The Morgan fingerprint density at radius 3 is 2.66 bits per heavy atom. The Labute approximate surface area is 271 Å². The van der Waals surface area contributed by atoms with Crippen molar-refractivity contribution in [3.63, 3.8) is 0 Å². The fourth-order valence-corrected chi connectivity index (χ4v) is 6.04. The number of aromatic nitrogens is 6. The second kappa shape index (κ2) is 12.6. The molecule has 2 aromatic carbocycles. The Balaban J connectivity index is 1.17. The summed E-state index contributed by atoms with van der Waals surface area (Å²) in [6, 6.07) is 16.2. The molecule has 0 unspecified atom stereocenters. The van der Waals surface area contributed by atoms with E-state index < -0.39 is 0 Å². The fourth-order valence-electron chi connectivity index (χ4n) is 6.04. The van der Waals surface area contributed by atoms with Crippen LogP contribution in [0.2, 0.25) is 0 Å². The van der Waals surface area contributed by atoms with Gasteiger partial charge in [0, 0.05) is 36.4 Å². The molecule has 10 nitrogen and oxygen atoms in total. The number of anilines is 1. The molecule has 1 fully saturated rings. The summed E-state index contributed by atoms with van der Waals surface area (Å²) >= 11 is 0. The zero-order chi connectivity index (χ0) is 32.5. The molecule has 0 radical (unpaired) electrons. The molecule has 0 spiro atoms. The van der Waals surface area contributed by atoms with Gasteiger partial charge in [0.05, 0.1) is 34.1 Å². The van der Waals surface area contributed by atoms with Gasteiger partial charge in [0.2, 0.25) is 5.91 Å². The van der Waals surface area contributed by atoms with Gasteiger partial charge < -0.3 is 15.0 Å². The standard InChI is InChI=1S/C36H37FN8O2/c1-36(2,3)19-31(46)39-25-16-23(20-38-21-25)28-9-10-30-33(40-28)34(44-43-30)35-41-29-8-6-7-27(32(29)42-35)22-15-24(37)18-26(17-22)47-14-13-45-11-4-5-12-45/h6-10,15-18,20-21H,4-5,11-14,19H2,1-3H3,(H,39,46)(H,41,42)(H,43,44). The largest absolute Gasteiger partial charge is 0.492 e. The topological polar surface area (TPSA) is 125 Å². The predicted octanol–water partition coefficient (Wildman–Crippen LogP) is 7.22. The molecule has 7 rings (SSSR count). The average Bonchev–Trinajstić information content (AvgIpc) is 3.79. The number of carbonyl (C=O) groups excluding carboxylic acids is 1. The number of para-hydroxylation sites is 1. The quantitative estimate of drug-likeness (QED) is 0.154. The summed E-state index contributed by atoms with van der Waals surface area (Å²) in [6.07, 6.45) is 6.17. The Bertz CT molecular complexity index is 2070. The zero-order valence-corrected chi connectivity index (χ0v) is 26.7.